The van der Waals surface area contributed by atoms with E-state index in [1.165, 1.54) is 11.8 Å². The van der Waals surface area contributed by atoms with Crippen molar-refractivity contribution in [2.45, 2.75) is 36.7 Å². The number of halogens is 2. The minimum absolute atomic E-state index is 0.0769. The molecule has 1 aromatic heterocycles. The van der Waals surface area contributed by atoms with Crippen LogP contribution in [0, 0.1) is 0 Å². The molecule has 0 aliphatic heterocycles. The SMILES string of the molecule is O=C(O)CCCCn1c(SCc2c(Cl)cccc2Cl)nc2ccccc2c1=O. The van der Waals surface area contributed by atoms with E-state index in [0.29, 0.717) is 51.2 Å². The van der Waals surface area contributed by atoms with Crippen molar-refractivity contribution in [3.05, 3.63) is 68.4 Å². The van der Waals surface area contributed by atoms with Crippen molar-refractivity contribution in [3.8, 4) is 0 Å². The number of fused-ring (bicyclic) bond motifs is 1. The molecule has 1 heterocycles. The molecule has 8 heteroatoms. The molecule has 0 fully saturated rings. The molecule has 0 aliphatic rings. The van der Waals surface area contributed by atoms with Gasteiger partial charge in [-0.1, -0.05) is 53.2 Å². The molecule has 0 bridgehead atoms. The van der Waals surface area contributed by atoms with E-state index in [4.69, 9.17) is 28.3 Å². The first-order valence-electron chi connectivity index (χ1n) is 8.74. The van der Waals surface area contributed by atoms with Crippen molar-refractivity contribution in [1.29, 1.82) is 0 Å². The van der Waals surface area contributed by atoms with Crippen LogP contribution in [0.4, 0.5) is 0 Å². The minimum Gasteiger partial charge on any atom is -0.481 e. The number of hydrogen-bond acceptors (Lipinski definition) is 4. The number of carboxylic acids is 1. The zero-order valence-corrected chi connectivity index (χ0v) is 17.2. The van der Waals surface area contributed by atoms with E-state index in [1.54, 1.807) is 41.0 Å². The number of rotatable bonds is 8. The maximum atomic E-state index is 13.0. The molecule has 0 amide bonds. The lowest BCUT2D eigenvalue weighted by molar-refractivity contribution is -0.137. The highest BCUT2D eigenvalue weighted by atomic mass is 35.5. The number of aromatic nitrogens is 2. The van der Waals surface area contributed by atoms with E-state index >= 15 is 0 Å². The summed E-state index contributed by atoms with van der Waals surface area (Å²) in [5.74, 6) is -0.370. The topological polar surface area (TPSA) is 72.2 Å². The molecule has 0 spiro atoms. The first-order chi connectivity index (χ1) is 13.5. The molecule has 0 aliphatic carbocycles. The lowest BCUT2D eigenvalue weighted by Crippen LogP contribution is -2.23. The molecule has 28 heavy (non-hydrogen) atoms. The van der Waals surface area contributed by atoms with Crippen LogP contribution in [0.1, 0.15) is 24.8 Å². The Hall–Kier alpha value is -2.02. The van der Waals surface area contributed by atoms with Gasteiger partial charge in [0.25, 0.3) is 5.56 Å². The largest absolute Gasteiger partial charge is 0.481 e. The quantitative estimate of drug-likeness (QED) is 0.296. The van der Waals surface area contributed by atoms with Gasteiger partial charge in [0.2, 0.25) is 0 Å². The van der Waals surface area contributed by atoms with Gasteiger partial charge in [0.05, 0.1) is 10.9 Å². The Bertz CT molecular complexity index is 1050. The molecular weight excluding hydrogens is 419 g/mol. The molecule has 146 valence electrons. The van der Waals surface area contributed by atoms with Crippen LogP contribution in [0.25, 0.3) is 10.9 Å². The van der Waals surface area contributed by atoms with Gasteiger partial charge < -0.3 is 5.11 Å². The van der Waals surface area contributed by atoms with Crippen molar-refractivity contribution >= 4 is 51.8 Å². The van der Waals surface area contributed by atoms with E-state index in [1.807, 2.05) is 6.07 Å². The summed E-state index contributed by atoms with van der Waals surface area (Å²) < 4.78 is 1.61. The maximum absolute atomic E-state index is 13.0. The average Bonchev–Trinajstić information content (AvgIpc) is 2.66. The summed E-state index contributed by atoms with van der Waals surface area (Å²) in [6.07, 6.45) is 1.15. The first kappa shape index (κ1) is 20.7. The van der Waals surface area contributed by atoms with E-state index in [0.717, 1.165) is 5.56 Å². The van der Waals surface area contributed by atoms with Gasteiger partial charge in [-0.15, -0.1) is 0 Å². The second-order valence-corrected chi connectivity index (χ2v) is 7.96. The summed E-state index contributed by atoms with van der Waals surface area (Å²) in [5, 5.41) is 11.1. The molecule has 3 aromatic rings. The van der Waals surface area contributed by atoms with Crippen molar-refractivity contribution in [2.24, 2.45) is 0 Å². The molecule has 0 radical (unpaired) electrons. The minimum atomic E-state index is -0.841. The monoisotopic (exact) mass is 436 g/mol. The summed E-state index contributed by atoms with van der Waals surface area (Å²) in [4.78, 5) is 28.3. The van der Waals surface area contributed by atoms with Gasteiger partial charge >= 0.3 is 5.97 Å². The van der Waals surface area contributed by atoms with E-state index in [2.05, 4.69) is 4.98 Å². The van der Waals surface area contributed by atoms with Gasteiger partial charge in [-0.2, -0.15) is 0 Å². The molecule has 0 saturated heterocycles. The number of carbonyl (C=O) groups is 1. The molecule has 0 saturated carbocycles. The number of carboxylic acid groups (broad SMARTS) is 1. The van der Waals surface area contributed by atoms with Gasteiger partial charge in [-0.05, 0) is 42.7 Å². The fraction of sp³-hybridized carbons (Fsp3) is 0.250. The van der Waals surface area contributed by atoms with Crippen LogP contribution in [0.2, 0.25) is 10.0 Å². The molecule has 0 atom stereocenters. The summed E-state index contributed by atoms with van der Waals surface area (Å²) in [5.41, 5.74) is 1.28. The van der Waals surface area contributed by atoms with Crippen LogP contribution in [-0.4, -0.2) is 20.6 Å². The highest BCUT2D eigenvalue weighted by Crippen LogP contribution is 2.31. The number of benzene rings is 2. The molecule has 3 rings (SSSR count). The molecule has 5 nitrogen and oxygen atoms in total. The fourth-order valence-electron chi connectivity index (χ4n) is 2.81. The number of aliphatic carboxylic acids is 1. The highest BCUT2D eigenvalue weighted by molar-refractivity contribution is 7.98. The van der Waals surface area contributed by atoms with Crippen LogP contribution >= 0.6 is 35.0 Å². The fourth-order valence-corrected chi connectivity index (χ4v) is 4.58. The van der Waals surface area contributed by atoms with Gasteiger partial charge in [-0.3, -0.25) is 14.2 Å². The third-order valence-electron chi connectivity index (χ3n) is 4.26. The standard InChI is InChI=1S/C20H18Cl2N2O3S/c21-15-7-5-8-16(22)14(15)12-28-20-23-17-9-2-1-6-13(17)19(27)24(20)11-4-3-10-18(25)26/h1-2,5-9H,3-4,10-12H2,(H,25,26). The van der Waals surface area contributed by atoms with Gasteiger partial charge in [-0.25, -0.2) is 4.98 Å². The Morgan fingerprint density at radius 3 is 2.50 bits per heavy atom. The number of unbranched alkanes of at least 4 members (excludes halogenated alkanes) is 1. The number of para-hydroxylation sites is 1. The zero-order valence-electron chi connectivity index (χ0n) is 14.9. The number of thioether (sulfide) groups is 1. The normalized spacial score (nSPS) is 11.1. The van der Waals surface area contributed by atoms with Gasteiger partial charge in [0, 0.05) is 28.8 Å². The van der Waals surface area contributed by atoms with E-state index in [-0.39, 0.29) is 12.0 Å². The molecule has 1 N–H and O–H groups in total. The van der Waals surface area contributed by atoms with Crippen molar-refractivity contribution < 1.29 is 9.90 Å². The van der Waals surface area contributed by atoms with Crippen LogP contribution in [0.15, 0.2) is 52.4 Å². The lowest BCUT2D eigenvalue weighted by Gasteiger charge is -2.14. The Kier molecular flexibility index (Phi) is 6.99. The van der Waals surface area contributed by atoms with Crippen LogP contribution in [-0.2, 0) is 17.1 Å². The second kappa shape index (κ2) is 9.45. The Morgan fingerprint density at radius 1 is 1.07 bits per heavy atom. The number of nitrogens with zero attached hydrogens (tertiary/aromatic N) is 2. The van der Waals surface area contributed by atoms with Crippen molar-refractivity contribution in [2.75, 3.05) is 0 Å². The van der Waals surface area contributed by atoms with Gasteiger partial charge in [0.15, 0.2) is 5.16 Å². The van der Waals surface area contributed by atoms with E-state index in [9.17, 15) is 9.59 Å². The maximum Gasteiger partial charge on any atom is 0.303 e. The van der Waals surface area contributed by atoms with Crippen LogP contribution in [0.3, 0.4) is 0 Å². The molecule has 2 aromatic carbocycles. The Balaban J connectivity index is 1.91. The smallest absolute Gasteiger partial charge is 0.303 e. The van der Waals surface area contributed by atoms with Crippen molar-refractivity contribution in [3.63, 3.8) is 0 Å². The second-order valence-electron chi connectivity index (χ2n) is 6.21. The van der Waals surface area contributed by atoms with Crippen molar-refractivity contribution in [1.82, 2.24) is 9.55 Å². The molecular formula is C20H18Cl2N2O3S. The predicted molar refractivity (Wildman–Crippen MR) is 114 cm³/mol. The average molecular weight is 437 g/mol. The summed E-state index contributed by atoms with van der Waals surface area (Å²) in [7, 11) is 0. The third-order valence-corrected chi connectivity index (χ3v) is 5.97. The summed E-state index contributed by atoms with van der Waals surface area (Å²) in [6.45, 7) is 0.405. The summed E-state index contributed by atoms with van der Waals surface area (Å²) >= 11 is 13.9. The van der Waals surface area contributed by atoms with Gasteiger partial charge in [0.1, 0.15) is 0 Å². The van der Waals surface area contributed by atoms with E-state index < -0.39 is 5.97 Å². The Morgan fingerprint density at radius 2 is 1.79 bits per heavy atom. The summed E-state index contributed by atoms with van der Waals surface area (Å²) in [6, 6.07) is 12.5. The molecule has 0 unspecified atom stereocenters. The number of hydrogen-bond donors (Lipinski definition) is 1. The Labute approximate surface area is 176 Å². The van der Waals surface area contributed by atoms with Crippen LogP contribution < -0.4 is 5.56 Å². The van der Waals surface area contributed by atoms with Crippen LogP contribution in [0.5, 0.6) is 0 Å². The lowest BCUT2D eigenvalue weighted by atomic mass is 10.2. The zero-order chi connectivity index (χ0) is 20.1. The highest BCUT2D eigenvalue weighted by Gasteiger charge is 2.14. The third kappa shape index (κ3) is 4.87. The predicted octanol–water partition coefficient (Wildman–Crippen LogP) is 5.25. The first-order valence-corrected chi connectivity index (χ1v) is 10.5.